The number of hydrogen-bond acceptors (Lipinski definition) is 9. The van der Waals surface area contributed by atoms with Gasteiger partial charge in [-0.3, -0.25) is 4.79 Å². The summed E-state index contributed by atoms with van der Waals surface area (Å²) in [5, 5.41) is 7.25. The van der Waals surface area contributed by atoms with Crippen LogP contribution in [0, 0.1) is 0 Å². The Morgan fingerprint density at radius 1 is 0.881 bits per heavy atom. The number of nitrogens with one attached hydrogen (secondary N) is 2. The molecule has 1 aromatic carbocycles. The maximum absolute atomic E-state index is 13.1. The van der Waals surface area contributed by atoms with Crippen LogP contribution in [-0.4, -0.2) is 74.6 Å². The lowest BCUT2D eigenvalue weighted by molar-refractivity contribution is 0.0599. The third-order valence-electron chi connectivity index (χ3n) is 8.92. The molecule has 3 aromatic rings. The number of benzene rings is 1. The van der Waals surface area contributed by atoms with Gasteiger partial charge in [0.25, 0.3) is 5.91 Å². The molecule has 0 unspecified atom stereocenters. The molecule has 2 aliphatic carbocycles. The van der Waals surface area contributed by atoms with E-state index in [0.29, 0.717) is 42.2 Å². The summed E-state index contributed by atoms with van der Waals surface area (Å²) in [6, 6.07) is 7.83. The van der Waals surface area contributed by atoms with Gasteiger partial charge in [-0.25, -0.2) is 9.78 Å². The van der Waals surface area contributed by atoms with Crippen LogP contribution in [-0.2, 0) is 4.74 Å². The summed E-state index contributed by atoms with van der Waals surface area (Å²) < 4.78 is 6.99. The molecule has 6 rings (SSSR count). The lowest BCUT2D eigenvalue weighted by atomic mass is 9.92. The fourth-order valence-electron chi connectivity index (χ4n) is 6.45. The average molecular weight is 597 g/mol. The van der Waals surface area contributed by atoms with Gasteiger partial charge in [-0.1, -0.05) is 12.8 Å². The van der Waals surface area contributed by atoms with E-state index in [2.05, 4.69) is 15.2 Å². The molecule has 2 saturated carbocycles. The van der Waals surface area contributed by atoms with Gasteiger partial charge in [-0.05, 0) is 75.6 Å². The Kier molecular flexibility index (Phi) is 9.47. The van der Waals surface area contributed by atoms with Gasteiger partial charge >= 0.3 is 5.97 Å². The van der Waals surface area contributed by atoms with Gasteiger partial charge < -0.3 is 30.6 Å². The summed E-state index contributed by atoms with van der Waals surface area (Å²) in [6.45, 7) is 1.26. The summed E-state index contributed by atoms with van der Waals surface area (Å²) in [7, 11) is 1.34. The molecular weight excluding hydrogens is 556 g/mol. The van der Waals surface area contributed by atoms with Crippen molar-refractivity contribution in [2.24, 2.45) is 5.73 Å². The van der Waals surface area contributed by atoms with Gasteiger partial charge in [0.05, 0.1) is 19.0 Å². The second kappa shape index (κ2) is 13.2. The number of likely N-dealkylation sites (tertiary alicyclic amines) is 1. The number of fused-ring (bicyclic) bond motifs is 1. The average Bonchev–Trinajstić information content (AvgIpc) is 3.69. The van der Waals surface area contributed by atoms with E-state index < -0.39 is 5.97 Å². The summed E-state index contributed by atoms with van der Waals surface area (Å²) >= 11 is 0. The van der Waals surface area contributed by atoms with Crippen LogP contribution < -0.4 is 16.4 Å². The number of methoxy groups -OCH3 is 1. The van der Waals surface area contributed by atoms with Gasteiger partial charge in [-0.2, -0.15) is 9.97 Å². The number of rotatable bonds is 7. The summed E-state index contributed by atoms with van der Waals surface area (Å²) in [4.78, 5) is 41.4. The molecule has 1 saturated heterocycles. The van der Waals surface area contributed by atoms with Gasteiger partial charge in [-0.15, -0.1) is 12.4 Å². The summed E-state index contributed by atoms with van der Waals surface area (Å²) in [5.41, 5.74) is 8.81. The zero-order chi connectivity index (χ0) is 28.3. The molecule has 2 aromatic heterocycles. The van der Waals surface area contributed by atoms with E-state index in [4.69, 9.17) is 25.4 Å². The van der Waals surface area contributed by atoms with Crippen molar-refractivity contribution in [2.45, 2.75) is 88.4 Å². The first-order valence-electron chi connectivity index (χ1n) is 15.0. The van der Waals surface area contributed by atoms with Crippen molar-refractivity contribution in [3.63, 3.8) is 0 Å². The standard InChI is InChI=1S/C30H40N8O3.ClH/c1-41-29(40)20-8-6-19(7-9-20)28(39)37-16-14-23(15-17-37)33-26-25-27(38(18-32-25)24-4-2-3-5-24)36-30(35-26)34-22-12-10-21(31)11-13-22;/h6-9,18,21-24H,2-5,10-17,31H2,1H3,(H2,33,34,35,36);1H. The van der Waals surface area contributed by atoms with Crippen molar-refractivity contribution in [3.8, 4) is 0 Å². The third-order valence-corrected chi connectivity index (χ3v) is 8.92. The largest absolute Gasteiger partial charge is 0.465 e. The zero-order valence-corrected chi connectivity index (χ0v) is 24.9. The molecule has 42 heavy (non-hydrogen) atoms. The predicted octanol–water partition coefficient (Wildman–Crippen LogP) is 4.55. The normalized spacial score (nSPS) is 21.6. The fourth-order valence-corrected chi connectivity index (χ4v) is 6.45. The minimum absolute atomic E-state index is 0. The molecule has 226 valence electrons. The molecule has 0 spiro atoms. The van der Waals surface area contributed by atoms with Crippen LogP contribution >= 0.6 is 12.4 Å². The van der Waals surface area contributed by atoms with Crippen molar-refractivity contribution in [1.29, 1.82) is 0 Å². The van der Waals surface area contributed by atoms with Gasteiger partial charge in [0.2, 0.25) is 5.95 Å². The number of nitrogens with two attached hydrogens (primary N) is 1. The van der Waals surface area contributed by atoms with E-state index in [1.165, 1.54) is 20.0 Å². The van der Waals surface area contributed by atoms with Crippen molar-refractivity contribution < 1.29 is 14.3 Å². The van der Waals surface area contributed by atoms with Crippen LogP contribution in [0.3, 0.4) is 0 Å². The van der Waals surface area contributed by atoms with E-state index in [-0.39, 0.29) is 30.4 Å². The topological polar surface area (TPSA) is 140 Å². The Balaban J connectivity index is 0.00000353. The number of hydrogen-bond donors (Lipinski definition) is 3. The number of nitrogens with zero attached hydrogens (tertiary/aromatic N) is 5. The fraction of sp³-hybridized carbons (Fsp3) is 0.567. The first-order chi connectivity index (χ1) is 20.0. The van der Waals surface area contributed by atoms with Crippen LogP contribution in [0.25, 0.3) is 11.2 Å². The molecule has 4 N–H and O–H groups in total. The highest BCUT2D eigenvalue weighted by Gasteiger charge is 2.27. The van der Waals surface area contributed by atoms with E-state index in [1.54, 1.807) is 24.3 Å². The minimum Gasteiger partial charge on any atom is -0.465 e. The molecule has 3 fully saturated rings. The molecule has 12 heteroatoms. The molecule has 3 heterocycles. The monoisotopic (exact) mass is 596 g/mol. The highest BCUT2D eigenvalue weighted by molar-refractivity contribution is 5.96. The number of carbonyl (C=O) groups excluding carboxylic acids is 2. The number of amides is 1. The summed E-state index contributed by atoms with van der Waals surface area (Å²) in [5.74, 6) is 0.954. The molecular formula is C30H41ClN8O3. The van der Waals surface area contributed by atoms with Crippen LogP contribution in [0.15, 0.2) is 30.6 Å². The quantitative estimate of drug-likeness (QED) is 0.335. The number of esters is 1. The third kappa shape index (κ3) is 6.47. The number of anilines is 2. The number of imidazole rings is 1. The molecule has 0 bridgehead atoms. The zero-order valence-electron chi connectivity index (χ0n) is 24.1. The van der Waals surface area contributed by atoms with E-state index in [9.17, 15) is 9.59 Å². The van der Waals surface area contributed by atoms with E-state index >= 15 is 0 Å². The van der Waals surface area contributed by atoms with Crippen molar-refractivity contribution >= 4 is 47.2 Å². The number of aromatic nitrogens is 4. The Hall–Kier alpha value is -3.44. The summed E-state index contributed by atoms with van der Waals surface area (Å²) in [6.07, 6.45) is 12.4. The molecule has 1 aliphatic heterocycles. The lowest BCUT2D eigenvalue weighted by Gasteiger charge is -2.33. The predicted molar refractivity (Wildman–Crippen MR) is 164 cm³/mol. The SMILES string of the molecule is COC(=O)c1ccc(C(=O)N2CCC(Nc3nc(NC4CCC(N)CC4)nc4c3ncn4C3CCCC3)CC2)cc1.Cl. The first-order valence-corrected chi connectivity index (χ1v) is 15.0. The van der Waals surface area contributed by atoms with Gasteiger partial charge in [0, 0.05) is 42.8 Å². The maximum atomic E-state index is 13.1. The van der Waals surface area contributed by atoms with Crippen LogP contribution in [0.5, 0.6) is 0 Å². The molecule has 11 nitrogen and oxygen atoms in total. The van der Waals surface area contributed by atoms with E-state index in [0.717, 1.165) is 68.3 Å². The highest BCUT2D eigenvalue weighted by Crippen LogP contribution is 2.34. The molecule has 0 radical (unpaired) electrons. The maximum Gasteiger partial charge on any atom is 0.337 e. The highest BCUT2D eigenvalue weighted by atomic mass is 35.5. The lowest BCUT2D eigenvalue weighted by Crippen LogP contribution is -2.42. The Morgan fingerprint density at radius 3 is 2.19 bits per heavy atom. The van der Waals surface area contributed by atoms with Crippen molar-refractivity contribution in [3.05, 3.63) is 41.7 Å². The second-order valence-electron chi connectivity index (χ2n) is 11.7. The van der Waals surface area contributed by atoms with Crippen LogP contribution in [0.4, 0.5) is 11.8 Å². The van der Waals surface area contributed by atoms with Crippen molar-refractivity contribution in [2.75, 3.05) is 30.8 Å². The molecule has 1 amide bonds. The Morgan fingerprint density at radius 2 is 1.52 bits per heavy atom. The van der Waals surface area contributed by atoms with Gasteiger partial charge in [0.1, 0.15) is 0 Å². The van der Waals surface area contributed by atoms with E-state index in [1.807, 2.05) is 11.2 Å². The van der Waals surface area contributed by atoms with Crippen LogP contribution in [0.2, 0.25) is 0 Å². The Bertz CT molecular complexity index is 1380. The molecule has 3 aliphatic rings. The van der Waals surface area contributed by atoms with Crippen molar-refractivity contribution in [1.82, 2.24) is 24.4 Å². The molecule has 0 atom stereocenters. The van der Waals surface area contributed by atoms with Gasteiger partial charge in [0.15, 0.2) is 17.0 Å². The number of piperidine rings is 1. The first kappa shape index (κ1) is 30.0. The number of halogens is 1. The van der Waals surface area contributed by atoms with Crippen LogP contribution in [0.1, 0.15) is 91.0 Å². The number of carbonyl (C=O) groups is 2. The smallest absolute Gasteiger partial charge is 0.337 e. The number of ether oxygens (including phenoxy) is 1. The Labute approximate surface area is 252 Å². The second-order valence-corrected chi connectivity index (χ2v) is 11.7. The minimum atomic E-state index is -0.413.